The van der Waals surface area contributed by atoms with Crippen LogP contribution in [0.15, 0.2) is 16.7 Å². The molecule has 0 aliphatic heterocycles. The predicted octanol–water partition coefficient (Wildman–Crippen LogP) is 1.15. The van der Waals surface area contributed by atoms with Crippen LogP contribution in [0.5, 0.6) is 0 Å². The monoisotopic (exact) mass is 183 g/mol. The highest BCUT2D eigenvalue weighted by Crippen LogP contribution is 2.07. The highest BCUT2D eigenvalue weighted by molar-refractivity contribution is 5.66. The van der Waals surface area contributed by atoms with Gasteiger partial charge in [-0.1, -0.05) is 0 Å². The molecule has 1 rings (SSSR count). The molecule has 72 valence electrons. The summed E-state index contributed by atoms with van der Waals surface area (Å²) in [5.74, 6) is 0.0778. The largest absolute Gasteiger partial charge is 0.481 e. The van der Waals surface area contributed by atoms with Gasteiger partial charge in [-0.15, -0.1) is 0 Å². The molecule has 0 saturated heterocycles. The number of hydrogen-bond acceptors (Lipinski definition) is 3. The Morgan fingerprint density at radius 3 is 3.00 bits per heavy atom. The van der Waals surface area contributed by atoms with Crippen molar-refractivity contribution in [2.75, 3.05) is 6.54 Å². The molecule has 4 nitrogen and oxygen atoms in total. The molecule has 0 spiro atoms. The Hall–Kier alpha value is -1.29. The molecular formula is C9H13NO3. The molecule has 0 bridgehead atoms. The van der Waals surface area contributed by atoms with Crippen molar-refractivity contribution in [3.8, 4) is 0 Å². The first-order valence-electron chi connectivity index (χ1n) is 4.15. The molecule has 0 atom stereocenters. The minimum atomic E-state index is -0.788. The molecule has 0 aliphatic carbocycles. The lowest BCUT2D eigenvalue weighted by Crippen LogP contribution is -2.17. The van der Waals surface area contributed by atoms with Gasteiger partial charge in [0, 0.05) is 6.54 Å². The fourth-order valence-corrected chi connectivity index (χ4v) is 0.982. The second-order valence-electron chi connectivity index (χ2n) is 2.85. The average molecular weight is 183 g/mol. The molecule has 0 aliphatic rings. The minimum Gasteiger partial charge on any atom is -0.481 e. The maximum absolute atomic E-state index is 10.2. The number of carboxylic acids is 1. The standard InChI is InChI=1S/C9H13NO3/c1-7-3-5-13-8(7)6-10-4-2-9(11)12/h3,5,10H,2,4,6H2,1H3,(H,11,12). The molecule has 4 heteroatoms. The topological polar surface area (TPSA) is 62.5 Å². The molecule has 1 aromatic rings. The highest BCUT2D eigenvalue weighted by atomic mass is 16.4. The van der Waals surface area contributed by atoms with Crippen LogP contribution in [-0.2, 0) is 11.3 Å². The van der Waals surface area contributed by atoms with Crippen LogP contribution in [0.2, 0.25) is 0 Å². The summed E-state index contributed by atoms with van der Waals surface area (Å²) >= 11 is 0. The SMILES string of the molecule is Cc1ccoc1CNCCC(=O)O. The maximum Gasteiger partial charge on any atom is 0.304 e. The first kappa shape index (κ1) is 9.80. The predicted molar refractivity (Wildman–Crippen MR) is 47.4 cm³/mol. The molecule has 0 saturated carbocycles. The van der Waals surface area contributed by atoms with Crippen LogP contribution in [-0.4, -0.2) is 17.6 Å². The van der Waals surface area contributed by atoms with Gasteiger partial charge in [0.25, 0.3) is 0 Å². The van der Waals surface area contributed by atoms with Gasteiger partial charge in [0.15, 0.2) is 0 Å². The number of nitrogens with one attached hydrogen (secondary N) is 1. The molecule has 0 amide bonds. The molecule has 0 unspecified atom stereocenters. The lowest BCUT2D eigenvalue weighted by molar-refractivity contribution is -0.136. The van der Waals surface area contributed by atoms with Gasteiger partial charge in [-0.2, -0.15) is 0 Å². The fourth-order valence-electron chi connectivity index (χ4n) is 0.982. The maximum atomic E-state index is 10.2. The van der Waals surface area contributed by atoms with Gasteiger partial charge in [-0.3, -0.25) is 4.79 Å². The zero-order valence-electron chi connectivity index (χ0n) is 7.54. The van der Waals surface area contributed by atoms with E-state index in [0.717, 1.165) is 11.3 Å². The number of carbonyl (C=O) groups is 1. The van der Waals surface area contributed by atoms with Crippen molar-refractivity contribution in [1.29, 1.82) is 0 Å². The first-order chi connectivity index (χ1) is 6.20. The van der Waals surface area contributed by atoms with Crippen LogP contribution >= 0.6 is 0 Å². The summed E-state index contributed by atoms with van der Waals surface area (Å²) in [5.41, 5.74) is 1.09. The zero-order chi connectivity index (χ0) is 9.68. The number of rotatable bonds is 5. The van der Waals surface area contributed by atoms with Crippen molar-refractivity contribution >= 4 is 5.97 Å². The summed E-state index contributed by atoms with van der Waals surface area (Å²) < 4.78 is 5.16. The van der Waals surface area contributed by atoms with Crippen molar-refractivity contribution in [2.45, 2.75) is 19.9 Å². The summed E-state index contributed by atoms with van der Waals surface area (Å²) in [6.45, 7) is 3.01. The summed E-state index contributed by atoms with van der Waals surface area (Å²) in [7, 11) is 0. The smallest absolute Gasteiger partial charge is 0.304 e. The average Bonchev–Trinajstić information content (AvgIpc) is 2.45. The van der Waals surface area contributed by atoms with E-state index in [-0.39, 0.29) is 6.42 Å². The first-order valence-corrected chi connectivity index (χ1v) is 4.15. The van der Waals surface area contributed by atoms with Gasteiger partial charge in [-0.25, -0.2) is 0 Å². The molecule has 1 heterocycles. The van der Waals surface area contributed by atoms with Crippen molar-refractivity contribution in [1.82, 2.24) is 5.32 Å². The summed E-state index contributed by atoms with van der Waals surface area (Å²) in [6.07, 6.45) is 1.77. The third-order valence-electron chi connectivity index (χ3n) is 1.77. The Morgan fingerprint density at radius 2 is 2.46 bits per heavy atom. The third kappa shape index (κ3) is 3.29. The number of aryl methyl sites for hydroxylation is 1. The molecular weight excluding hydrogens is 170 g/mol. The van der Waals surface area contributed by atoms with Crippen LogP contribution in [0.25, 0.3) is 0 Å². The lowest BCUT2D eigenvalue weighted by Gasteiger charge is -2.00. The minimum absolute atomic E-state index is 0.139. The molecule has 1 aromatic heterocycles. The summed E-state index contributed by atoms with van der Waals surface area (Å²) in [6, 6.07) is 1.88. The molecule has 0 fully saturated rings. The number of carboxylic acid groups (broad SMARTS) is 1. The third-order valence-corrected chi connectivity index (χ3v) is 1.77. The van der Waals surface area contributed by atoms with Crippen molar-refractivity contribution < 1.29 is 14.3 Å². The van der Waals surface area contributed by atoms with E-state index in [1.54, 1.807) is 6.26 Å². The van der Waals surface area contributed by atoms with Crippen LogP contribution in [0.3, 0.4) is 0 Å². The van der Waals surface area contributed by atoms with Crippen LogP contribution in [0.4, 0.5) is 0 Å². The second kappa shape index (κ2) is 4.67. The van der Waals surface area contributed by atoms with Gasteiger partial charge in [0.1, 0.15) is 5.76 Å². The van der Waals surface area contributed by atoms with Gasteiger partial charge < -0.3 is 14.8 Å². The lowest BCUT2D eigenvalue weighted by atomic mass is 10.3. The molecule has 2 N–H and O–H groups in total. The Labute approximate surface area is 76.6 Å². The van der Waals surface area contributed by atoms with E-state index in [1.165, 1.54) is 0 Å². The Balaban J connectivity index is 2.20. The Kier molecular flexibility index (Phi) is 3.52. The number of hydrogen-bond donors (Lipinski definition) is 2. The van der Waals surface area contributed by atoms with Crippen molar-refractivity contribution in [3.05, 3.63) is 23.7 Å². The van der Waals surface area contributed by atoms with Crippen LogP contribution in [0, 0.1) is 6.92 Å². The Morgan fingerprint density at radius 1 is 1.69 bits per heavy atom. The fraction of sp³-hybridized carbons (Fsp3) is 0.444. The van der Waals surface area contributed by atoms with E-state index in [1.807, 2.05) is 13.0 Å². The van der Waals surface area contributed by atoms with E-state index >= 15 is 0 Å². The van der Waals surface area contributed by atoms with Crippen LogP contribution < -0.4 is 5.32 Å². The summed E-state index contributed by atoms with van der Waals surface area (Å²) in [4.78, 5) is 10.2. The molecule has 0 aromatic carbocycles. The van der Waals surface area contributed by atoms with E-state index < -0.39 is 5.97 Å². The van der Waals surface area contributed by atoms with Crippen molar-refractivity contribution in [3.63, 3.8) is 0 Å². The van der Waals surface area contributed by atoms with Gasteiger partial charge in [0.05, 0.1) is 19.2 Å². The van der Waals surface area contributed by atoms with E-state index in [0.29, 0.717) is 13.1 Å². The highest BCUT2D eigenvalue weighted by Gasteiger charge is 2.01. The summed E-state index contributed by atoms with van der Waals surface area (Å²) in [5, 5.41) is 11.3. The molecule has 0 radical (unpaired) electrons. The van der Waals surface area contributed by atoms with Crippen LogP contribution in [0.1, 0.15) is 17.7 Å². The Bertz CT molecular complexity index is 280. The van der Waals surface area contributed by atoms with Gasteiger partial charge in [-0.05, 0) is 18.6 Å². The number of aliphatic carboxylic acids is 1. The van der Waals surface area contributed by atoms with E-state index in [2.05, 4.69) is 5.32 Å². The van der Waals surface area contributed by atoms with Crippen molar-refractivity contribution in [2.24, 2.45) is 0 Å². The van der Waals surface area contributed by atoms with Gasteiger partial charge in [0.2, 0.25) is 0 Å². The molecule has 13 heavy (non-hydrogen) atoms. The zero-order valence-corrected chi connectivity index (χ0v) is 7.54. The quantitative estimate of drug-likeness (QED) is 0.672. The van der Waals surface area contributed by atoms with Gasteiger partial charge >= 0.3 is 5.97 Å². The second-order valence-corrected chi connectivity index (χ2v) is 2.85. The number of furan rings is 1. The van der Waals surface area contributed by atoms with E-state index in [9.17, 15) is 4.79 Å². The normalized spacial score (nSPS) is 10.2. The van der Waals surface area contributed by atoms with E-state index in [4.69, 9.17) is 9.52 Å².